The number of rotatable bonds is 2. The molecule has 0 aliphatic heterocycles. The Balaban J connectivity index is 2.70. The van der Waals surface area contributed by atoms with Crippen LogP contribution in [0.5, 0.6) is 0 Å². The molecular weight excluding hydrogens is 270 g/mol. The fourth-order valence-corrected chi connectivity index (χ4v) is 2.38. The summed E-state index contributed by atoms with van der Waals surface area (Å²) in [4.78, 5) is 11.7. The molecule has 82 valence electrons. The van der Waals surface area contributed by atoms with Crippen molar-refractivity contribution in [2.24, 2.45) is 18.0 Å². The molecule has 0 spiro atoms. The standard InChI is InChI=1S/C11H10BrN3O/c1-15-9(10(16)6-14-13)5-7-3-2-4-8(12)11(7)15/h2-6H,13H2,1H3/b14-6+. The predicted molar refractivity (Wildman–Crippen MR) is 67.6 cm³/mol. The van der Waals surface area contributed by atoms with Crippen LogP contribution in [0.3, 0.4) is 0 Å². The van der Waals surface area contributed by atoms with Crippen LogP contribution in [0.4, 0.5) is 0 Å². The molecule has 2 aromatic rings. The number of carbonyl (C=O) groups excluding carboxylic acids is 1. The van der Waals surface area contributed by atoms with Gasteiger partial charge in [-0.05, 0) is 28.1 Å². The lowest BCUT2D eigenvalue weighted by Gasteiger charge is -2.01. The van der Waals surface area contributed by atoms with Crippen molar-refractivity contribution in [1.82, 2.24) is 4.57 Å². The topological polar surface area (TPSA) is 60.4 Å². The molecular formula is C11H10BrN3O. The highest BCUT2D eigenvalue weighted by atomic mass is 79.9. The van der Waals surface area contributed by atoms with Gasteiger partial charge in [-0.15, -0.1) is 0 Å². The van der Waals surface area contributed by atoms with E-state index >= 15 is 0 Å². The number of nitrogens with zero attached hydrogens (tertiary/aromatic N) is 2. The third-order valence-electron chi connectivity index (χ3n) is 2.45. The van der Waals surface area contributed by atoms with Crippen molar-refractivity contribution < 1.29 is 4.79 Å². The van der Waals surface area contributed by atoms with Gasteiger partial charge in [0.2, 0.25) is 5.78 Å². The maximum atomic E-state index is 11.7. The molecule has 0 bridgehead atoms. The summed E-state index contributed by atoms with van der Waals surface area (Å²) in [6.45, 7) is 0. The summed E-state index contributed by atoms with van der Waals surface area (Å²) in [5.41, 5.74) is 1.55. The van der Waals surface area contributed by atoms with E-state index < -0.39 is 0 Å². The monoisotopic (exact) mass is 279 g/mol. The highest BCUT2D eigenvalue weighted by Crippen LogP contribution is 2.26. The first-order valence-corrected chi connectivity index (χ1v) is 5.46. The minimum absolute atomic E-state index is 0.201. The Labute approximate surface area is 101 Å². The second-order valence-electron chi connectivity index (χ2n) is 3.41. The van der Waals surface area contributed by atoms with E-state index in [1.54, 1.807) is 0 Å². The number of hydrogen-bond donors (Lipinski definition) is 1. The van der Waals surface area contributed by atoms with Crippen molar-refractivity contribution in [3.8, 4) is 0 Å². The van der Waals surface area contributed by atoms with Crippen molar-refractivity contribution in [2.75, 3.05) is 0 Å². The lowest BCUT2D eigenvalue weighted by Crippen LogP contribution is -2.07. The highest BCUT2D eigenvalue weighted by Gasteiger charge is 2.12. The largest absolute Gasteiger partial charge is 0.340 e. The van der Waals surface area contributed by atoms with E-state index in [0.717, 1.165) is 21.6 Å². The predicted octanol–water partition coefficient (Wildman–Crippen LogP) is 2.07. The molecule has 4 nitrogen and oxygen atoms in total. The van der Waals surface area contributed by atoms with Gasteiger partial charge in [0.25, 0.3) is 0 Å². The second-order valence-corrected chi connectivity index (χ2v) is 4.26. The van der Waals surface area contributed by atoms with E-state index in [9.17, 15) is 4.79 Å². The van der Waals surface area contributed by atoms with Gasteiger partial charge in [0.05, 0.1) is 17.4 Å². The van der Waals surface area contributed by atoms with Crippen LogP contribution in [-0.4, -0.2) is 16.6 Å². The van der Waals surface area contributed by atoms with Crippen LogP contribution in [0, 0.1) is 0 Å². The van der Waals surface area contributed by atoms with Crippen molar-refractivity contribution in [1.29, 1.82) is 0 Å². The smallest absolute Gasteiger partial charge is 0.222 e. The number of halogens is 1. The van der Waals surface area contributed by atoms with E-state index in [0.29, 0.717) is 5.69 Å². The minimum atomic E-state index is -0.201. The summed E-state index contributed by atoms with van der Waals surface area (Å²) in [6.07, 6.45) is 1.11. The summed E-state index contributed by atoms with van der Waals surface area (Å²) in [5.74, 6) is 4.77. The number of aryl methyl sites for hydroxylation is 1. The van der Waals surface area contributed by atoms with Crippen LogP contribution in [0.25, 0.3) is 10.9 Å². The Morgan fingerprint density at radius 3 is 2.94 bits per heavy atom. The number of benzene rings is 1. The normalized spacial score (nSPS) is 11.4. The van der Waals surface area contributed by atoms with Crippen LogP contribution in [-0.2, 0) is 7.05 Å². The lowest BCUT2D eigenvalue weighted by atomic mass is 10.2. The van der Waals surface area contributed by atoms with Gasteiger partial charge in [-0.3, -0.25) is 4.79 Å². The summed E-state index contributed by atoms with van der Waals surface area (Å²) in [7, 11) is 1.84. The first-order chi connectivity index (χ1) is 7.65. The molecule has 0 unspecified atom stereocenters. The number of para-hydroxylation sites is 1. The number of hydrogen-bond acceptors (Lipinski definition) is 3. The van der Waals surface area contributed by atoms with Crippen molar-refractivity contribution in [3.05, 3.63) is 34.4 Å². The fourth-order valence-electron chi connectivity index (χ4n) is 1.74. The molecule has 1 aromatic carbocycles. The van der Waals surface area contributed by atoms with Gasteiger partial charge in [-0.25, -0.2) is 0 Å². The summed E-state index contributed by atoms with van der Waals surface area (Å²) < 4.78 is 2.78. The maximum Gasteiger partial charge on any atom is 0.222 e. The molecule has 16 heavy (non-hydrogen) atoms. The van der Waals surface area contributed by atoms with Crippen molar-refractivity contribution in [3.63, 3.8) is 0 Å². The zero-order chi connectivity index (χ0) is 11.7. The number of Topliss-reactive ketones (excluding diaryl/α,β-unsaturated/α-hetero) is 1. The van der Waals surface area contributed by atoms with E-state index in [1.807, 2.05) is 35.9 Å². The molecule has 1 aromatic heterocycles. The molecule has 0 aliphatic carbocycles. The average molecular weight is 280 g/mol. The molecule has 0 radical (unpaired) electrons. The molecule has 0 fully saturated rings. The van der Waals surface area contributed by atoms with Crippen LogP contribution in [0.1, 0.15) is 10.5 Å². The Morgan fingerprint density at radius 1 is 1.56 bits per heavy atom. The van der Waals surface area contributed by atoms with Crippen LogP contribution < -0.4 is 5.84 Å². The number of ketones is 1. The van der Waals surface area contributed by atoms with Crippen molar-refractivity contribution >= 4 is 38.8 Å². The number of nitrogens with two attached hydrogens (primary N) is 1. The van der Waals surface area contributed by atoms with Crippen LogP contribution in [0.15, 0.2) is 33.8 Å². The molecule has 2 rings (SSSR count). The summed E-state index contributed by atoms with van der Waals surface area (Å²) in [6, 6.07) is 7.64. The molecule has 0 saturated carbocycles. The maximum absolute atomic E-state index is 11.7. The lowest BCUT2D eigenvalue weighted by molar-refractivity contribution is 0.106. The Hall–Kier alpha value is -1.62. The number of hydrazone groups is 1. The van der Waals surface area contributed by atoms with Gasteiger partial charge in [-0.2, -0.15) is 5.10 Å². The average Bonchev–Trinajstić information content (AvgIpc) is 2.58. The summed E-state index contributed by atoms with van der Waals surface area (Å²) >= 11 is 3.46. The van der Waals surface area contributed by atoms with Crippen LogP contribution >= 0.6 is 15.9 Å². The zero-order valence-electron chi connectivity index (χ0n) is 8.64. The molecule has 0 saturated heterocycles. The van der Waals surface area contributed by atoms with Gasteiger partial charge in [-0.1, -0.05) is 12.1 Å². The van der Waals surface area contributed by atoms with E-state index in [-0.39, 0.29) is 5.78 Å². The molecule has 5 heteroatoms. The van der Waals surface area contributed by atoms with E-state index in [4.69, 9.17) is 5.84 Å². The van der Waals surface area contributed by atoms with Crippen LogP contribution in [0.2, 0.25) is 0 Å². The third-order valence-corrected chi connectivity index (χ3v) is 3.09. The first-order valence-electron chi connectivity index (χ1n) is 4.66. The first kappa shape index (κ1) is 10.9. The van der Waals surface area contributed by atoms with Gasteiger partial charge in [0.1, 0.15) is 0 Å². The minimum Gasteiger partial charge on any atom is -0.340 e. The molecule has 1 heterocycles. The number of aromatic nitrogens is 1. The number of fused-ring (bicyclic) bond motifs is 1. The quantitative estimate of drug-likeness (QED) is 0.396. The summed E-state index contributed by atoms with van der Waals surface area (Å²) in [5, 5.41) is 4.25. The van der Waals surface area contributed by atoms with E-state index in [2.05, 4.69) is 21.0 Å². The Morgan fingerprint density at radius 2 is 2.31 bits per heavy atom. The molecule has 2 N–H and O–H groups in total. The Kier molecular flexibility index (Phi) is 2.78. The SMILES string of the molecule is Cn1c(C(=O)/C=N/N)cc2cccc(Br)c21. The highest BCUT2D eigenvalue weighted by molar-refractivity contribution is 9.10. The Bertz CT molecular complexity index is 586. The molecule has 0 amide bonds. The molecule has 0 atom stereocenters. The van der Waals surface area contributed by atoms with Crippen molar-refractivity contribution in [2.45, 2.75) is 0 Å². The fraction of sp³-hybridized carbons (Fsp3) is 0.0909. The van der Waals surface area contributed by atoms with Gasteiger partial charge in [0, 0.05) is 16.9 Å². The number of carbonyl (C=O) groups is 1. The molecule has 0 aliphatic rings. The zero-order valence-corrected chi connectivity index (χ0v) is 10.2. The third kappa shape index (κ3) is 1.63. The second kappa shape index (κ2) is 4.09. The van der Waals surface area contributed by atoms with E-state index in [1.165, 1.54) is 0 Å². The van der Waals surface area contributed by atoms with Gasteiger partial charge in [0.15, 0.2) is 0 Å². The van der Waals surface area contributed by atoms with Gasteiger partial charge >= 0.3 is 0 Å². The van der Waals surface area contributed by atoms with Gasteiger partial charge < -0.3 is 10.4 Å².